The van der Waals surface area contributed by atoms with Crippen molar-refractivity contribution in [3.63, 3.8) is 0 Å². The summed E-state index contributed by atoms with van der Waals surface area (Å²) in [6.45, 7) is 17.0. The summed E-state index contributed by atoms with van der Waals surface area (Å²) in [5.74, 6) is 0.104. The van der Waals surface area contributed by atoms with Gasteiger partial charge < -0.3 is 4.90 Å². The fourth-order valence-corrected chi connectivity index (χ4v) is 4.72. The van der Waals surface area contributed by atoms with Crippen LogP contribution < -0.4 is 0 Å². The minimum absolute atomic E-state index is 0.104. The van der Waals surface area contributed by atoms with E-state index >= 15 is 0 Å². The van der Waals surface area contributed by atoms with E-state index in [0.29, 0.717) is 12.1 Å². The highest BCUT2D eigenvalue weighted by Crippen LogP contribution is 2.33. The number of rotatable bonds is 8. The van der Waals surface area contributed by atoms with Crippen LogP contribution in [0, 0.1) is 0 Å². The summed E-state index contributed by atoms with van der Waals surface area (Å²) in [5.41, 5.74) is 3.29. The van der Waals surface area contributed by atoms with Crippen LogP contribution in [-0.2, 0) is 0 Å². The molecule has 0 unspecified atom stereocenters. The molecule has 0 bridgehead atoms. The zero-order chi connectivity index (χ0) is 22.4. The van der Waals surface area contributed by atoms with Gasteiger partial charge in [0.05, 0.1) is 6.04 Å². The maximum Gasteiger partial charge on any atom is 0.253 e. The first-order valence-electron chi connectivity index (χ1n) is 11.5. The molecule has 1 heterocycles. The quantitative estimate of drug-likeness (QED) is 0.573. The number of carbonyl (C=O) groups excluding carboxylic acids is 1. The molecule has 0 saturated carbocycles. The molecule has 0 aliphatic carbocycles. The largest absolute Gasteiger partial charge is 0.339 e. The normalized spacial score (nSPS) is 20.9. The van der Waals surface area contributed by atoms with E-state index in [1.807, 2.05) is 37.0 Å². The molecule has 166 valence electrons. The highest BCUT2D eigenvalue weighted by atomic mass is 16.2. The molecule has 1 amide bonds. The van der Waals surface area contributed by atoms with E-state index < -0.39 is 0 Å². The van der Waals surface area contributed by atoms with Gasteiger partial charge in [0, 0.05) is 50.4 Å². The standard InChI is InChI=1S/C27H37N3O/c1-6-18-29-19-22(5)30(20-21(29)4)26(23-12-10-9-11-13-23)24-14-16-25(17-15-24)27(31)28(7-2)8-3/h6,9-17,21-22,26H,1,7-8,18-20H2,2-5H3/t21-,22+,26+/m0/s1. The van der Waals surface area contributed by atoms with E-state index in [1.165, 1.54) is 11.1 Å². The summed E-state index contributed by atoms with van der Waals surface area (Å²) in [6, 6.07) is 20.0. The van der Waals surface area contributed by atoms with Crippen molar-refractivity contribution in [2.75, 3.05) is 32.7 Å². The number of nitrogens with zero attached hydrogens (tertiary/aromatic N) is 3. The Morgan fingerprint density at radius 2 is 1.61 bits per heavy atom. The van der Waals surface area contributed by atoms with Crippen molar-refractivity contribution < 1.29 is 4.79 Å². The second kappa shape index (κ2) is 10.7. The van der Waals surface area contributed by atoms with Crippen molar-refractivity contribution in [1.29, 1.82) is 0 Å². The zero-order valence-electron chi connectivity index (χ0n) is 19.5. The fraction of sp³-hybridized carbons (Fsp3) is 0.444. The van der Waals surface area contributed by atoms with Crippen molar-refractivity contribution in [3.8, 4) is 0 Å². The first kappa shape index (κ1) is 23.2. The van der Waals surface area contributed by atoms with E-state index in [1.54, 1.807) is 0 Å². The Kier molecular flexibility index (Phi) is 8.05. The lowest BCUT2D eigenvalue weighted by Crippen LogP contribution is -2.57. The highest BCUT2D eigenvalue weighted by molar-refractivity contribution is 5.94. The van der Waals surface area contributed by atoms with Gasteiger partial charge in [0.1, 0.15) is 0 Å². The lowest BCUT2D eigenvalue weighted by molar-refractivity contribution is 0.0306. The van der Waals surface area contributed by atoms with Crippen molar-refractivity contribution in [2.45, 2.75) is 45.8 Å². The van der Waals surface area contributed by atoms with Crippen LogP contribution in [0.2, 0.25) is 0 Å². The average molecular weight is 420 g/mol. The van der Waals surface area contributed by atoms with Gasteiger partial charge in [-0.05, 0) is 51.0 Å². The van der Waals surface area contributed by atoms with E-state index in [2.05, 4.69) is 72.7 Å². The molecule has 3 atom stereocenters. The van der Waals surface area contributed by atoms with Gasteiger partial charge in [0.25, 0.3) is 5.91 Å². The Hall–Kier alpha value is -2.43. The Morgan fingerprint density at radius 3 is 2.19 bits per heavy atom. The highest BCUT2D eigenvalue weighted by Gasteiger charge is 2.34. The van der Waals surface area contributed by atoms with Gasteiger partial charge in [-0.15, -0.1) is 6.58 Å². The lowest BCUT2D eigenvalue weighted by atomic mass is 9.93. The number of piperazine rings is 1. The summed E-state index contributed by atoms with van der Waals surface area (Å²) < 4.78 is 0. The summed E-state index contributed by atoms with van der Waals surface area (Å²) in [6.07, 6.45) is 2.00. The van der Waals surface area contributed by atoms with Crippen LogP contribution in [0.1, 0.15) is 55.2 Å². The molecule has 3 rings (SSSR count). The van der Waals surface area contributed by atoms with Gasteiger partial charge in [0.2, 0.25) is 0 Å². The van der Waals surface area contributed by atoms with Crippen molar-refractivity contribution in [3.05, 3.63) is 83.9 Å². The van der Waals surface area contributed by atoms with E-state index in [-0.39, 0.29) is 11.9 Å². The summed E-state index contributed by atoms with van der Waals surface area (Å²) in [7, 11) is 0. The Balaban J connectivity index is 1.92. The molecule has 1 aliphatic heterocycles. The molecule has 1 aliphatic rings. The second-order valence-corrected chi connectivity index (χ2v) is 8.55. The van der Waals surface area contributed by atoms with Crippen LogP contribution in [0.3, 0.4) is 0 Å². The minimum Gasteiger partial charge on any atom is -0.339 e. The molecule has 1 saturated heterocycles. The third-order valence-electron chi connectivity index (χ3n) is 6.50. The number of benzene rings is 2. The summed E-state index contributed by atoms with van der Waals surface area (Å²) in [4.78, 5) is 19.7. The molecule has 0 radical (unpaired) electrons. The van der Waals surface area contributed by atoms with Crippen LogP contribution in [0.15, 0.2) is 67.3 Å². The van der Waals surface area contributed by atoms with Gasteiger partial charge >= 0.3 is 0 Å². The average Bonchev–Trinajstić information content (AvgIpc) is 2.79. The van der Waals surface area contributed by atoms with Crippen LogP contribution in [0.5, 0.6) is 0 Å². The molecule has 1 fully saturated rings. The molecule has 0 N–H and O–H groups in total. The monoisotopic (exact) mass is 419 g/mol. The zero-order valence-corrected chi connectivity index (χ0v) is 19.5. The van der Waals surface area contributed by atoms with Gasteiger partial charge in [0.15, 0.2) is 0 Å². The first-order chi connectivity index (χ1) is 15.0. The third-order valence-corrected chi connectivity index (χ3v) is 6.50. The van der Waals surface area contributed by atoms with Gasteiger partial charge in [-0.2, -0.15) is 0 Å². The predicted molar refractivity (Wildman–Crippen MR) is 129 cm³/mol. The maximum absolute atomic E-state index is 12.8. The van der Waals surface area contributed by atoms with E-state index in [0.717, 1.165) is 38.3 Å². The molecular weight excluding hydrogens is 382 g/mol. The molecule has 0 spiro atoms. The van der Waals surface area contributed by atoms with Gasteiger partial charge in [-0.25, -0.2) is 0 Å². The number of carbonyl (C=O) groups is 1. The maximum atomic E-state index is 12.8. The van der Waals surface area contributed by atoms with E-state index in [9.17, 15) is 4.79 Å². The van der Waals surface area contributed by atoms with Crippen LogP contribution in [0.4, 0.5) is 0 Å². The topological polar surface area (TPSA) is 26.8 Å². The summed E-state index contributed by atoms with van der Waals surface area (Å²) in [5, 5.41) is 0. The van der Waals surface area contributed by atoms with Crippen LogP contribution >= 0.6 is 0 Å². The minimum atomic E-state index is 0.104. The molecule has 2 aromatic carbocycles. The molecule has 2 aromatic rings. The predicted octanol–water partition coefficient (Wildman–Crippen LogP) is 4.84. The fourth-order valence-electron chi connectivity index (χ4n) is 4.72. The number of amides is 1. The molecule has 4 nitrogen and oxygen atoms in total. The van der Waals surface area contributed by atoms with Gasteiger partial charge in [-0.1, -0.05) is 48.5 Å². The number of hydrogen-bond acceptors (Lipinski definition) is 3. The lowest BCUT2D eigenvalue weighted by Gasteiger charge is -2.47. The number of hydrogen-bond donors (Lipinski definition) is 0. The smallest absolute Gasteiger partial charge is 0.253 e. The van der Waals surface area contributed by atoms with E-state index in [4.69, 9.17) is 0 Å². The molecule has 0 aromatic heterocycles. The molecule has 4 heteroatoms. The Labute approximate surface area is 188 Å². The first-order valence-corrected chi connectivity index (χ1v) is 11.5. The summed E-state index contributed by atoms with van der Waals surface area (Å²) >= 11 is 0. The Morgan fingerprint density at radius 1 is 1.00 bits per heavy atom. The van der Waals surface area contributed by atoms with Crippen molar-refractivity contribution in [2.24, 2.45) is 0 Å². The molecular formula is C27H37N3O. The van der Waals surface area contributed by atoms with Gasteiger partial charge in [-0.3, -0.25) is 14.6 Å². The third kappa shape index (κ3) is 5.25. The SMILES string of the molecule is C=CCN1C[C@@H](C)N([C@H](c2ccccc2)c2ccc(C(=O)N(CC)CC)cc2)C[C@@H]1C. The second-order valence-electron chi connectivity index (χ2n) is 8.55. The Bertz CT molecular complexity index is 845. The van der Waals surface area contributed by atoms with Crippen LogP contribution in [-0.4, -0.2) is 65.4 Å². The van der Waals surface area contributed by atoms with Crippen molar-refractivity contribution in [1.82, 2.24) is 14.7 Å². The molecule has 31 heavy (non-hydrogen) atoms. The van der Waals surface area contributed by atoms with Crippen LogP contribution in [0.25, 0.3) is 0 Å². The van der Waals surface area contributed by atoms with Crippen molar-refractivity contribution >= 4 is 5.91 Å².